The van der Waals surface area contributed by atoms with E-state index in [1.165, 1.54) is 75.5 Å². The van der Waals surface area contributed by atoms with Crippen molar-refractivity contribution < 1.29 is 0 Å². The van der Waals surface area contributed by atoms with Gasteiger partial charge in [0.25, 0.3) is 0 Å². The van der Waals surface area contributed by atoms with Crippen LogP contribution in [0.2, 0.25) is 0 Å². The van der Waals surface area contributed by atoms with Crippen LogP contribution in [0.4, 0.5) is 0 Å². The van der Waals surface area contributed by atoms with Gasteiger partial charge < -0.3 is 9.13 Å². The Balaban J connectivity index is 1.44. The predicted octanol–water partition coefficient (Wildman–Crippen LogP) is 10.8. The smallest absolute Gasteiger partial charge is 0.0804 e. The third-order valence-corrected chi connectivity index (χ3v) is 9.53. The molecule has 0 radical (unpaired) electrons. The van der Waals surface area contributed by atoms with Crippen molar-refractivity contribution in [3.8, 4) is 22.5 Å². The number of fused-ring (bicyclic) bond motifs is 8. The molecular formula is C38H24N2S. The molecule has 9 rings (SSSR count). The van der Waals surface area contributed by atoms with Crippen molar-refractivity contribution in [2.75, 3.05) is 0 Å². The molecule has 0 aliphatic heterocycles. The summed E-state index contributed by atoms with van der Waals surface area (Å²) >= 11 is 1.89. The third-order valence-electron chi connectivity index (χ3n) is 8.31. The normalized spacial score (nSPS) is 11.9. The maximum absolute atomic E-state index is 2.44. The van der Waals surface area contributed by atoms with Crippen LogP contribution in [0.3, 0.4) is 0 Å². The molecule has 41 heavy (non-hydrogen) atoms. The van der Waals surface area contributed by atoms with E-state index in [1.807, 2.05) is 11.3 Å². The van der Waals surface area contributed by atoms with E-state index in [0.29, 0.717) is 0 Å². The summed E-state index contributed by atoms with van der Waals surface area (Å²) < 4.78 is 7.56. The molecule has 3 aromatic heterocycles. The Morgan fingerprint density at radius 2 is 1.00 bits per heavy atom. The van der Waals surface area contributed by atoms with E-state index in [4.69, 9.17) is 0 Å². The first kappa shape index (κ1) is 22.7. The lowest BCUT2D eigenvalue weighted by atomic mass is 10.0. The molecule has 0 bridgehead atoms. The number of thiophene rings is 1. The van der Waals surface area contributed by atoms with Crippen molar-refractivity contribution in [2.24, 2.45) is 0 Å². The first-order valence-corrected chi connectivity index (χ1v) is 14.8. The minimum atomic E-state index is 1.17. The van der Waals surface area contributed by atoms with Crippen molar-refractivity contribution in [3.05, 3.63) is 146 Å². The van der Waals surface area contributed by atoms with E-state index in [1.54, 1.807) is 0 Å². The van der Waals surface area contributed by atoms with E-state index >= 15 is 0 Å². The molecule has 9 aromatic rings. The molecular weight excluding hydrogens is 516 g/mol. The summed E-state index contributed by atoms with van der Waals surface area (Å²) in [6, 6.07) is 52.8. The van der Waals surface area contributed by atoms with Crippen LogP contribution in [0.25, 0.3) is 75.5 Å². The molecule has 2 nitrogen and oxygen atoms in total. The van der Waals surface area contributed by atoms with Crippen LogP contribution >= 0.6 is 11.3 Å². The highest BCUT2D eigenvalue weighted by atomic mass is 32.1. The standard InChI is InChI=1S/C38H24N2S/c1-3-12-26(13-4-1)39-33-20-9-7-17-31(33)36-37(39)32-24-25(22-23-34(32)40(36)27-14-5-2-6-15-27)28-18-11-19-30-29-16-8-10-21-35(29)41-38(28)30/h1-24H. The largest absolute Gasteiger partial charge is 0.307 e. The van der Waals surface area contributed by atoms with Crippen LogP contribution in [0.15, 0.2) is 146 Å². The molecule has 6 aromatic carbocycles. The zero-order chi connectivity index (χ0) is 26.9. The summed E-state index contributed by atoms with van der Waals surface area (Å²) in [5.74, 6) is 0. The lowest BCUT2D eigenvalue weighted by Crippen LogP contribution is -1.93. The zero-order valence-electron chi connectivity index (χ0n) is 22.2. The maximum atomic E-state index is 2.44. The highest BCUT2D eigenvalue weighted by Crippen LogP contribution is 2.44. The minimum absolute atomic E-state index is 1.17. The van der Waals surface area contributed by atoms with Gasteiger partial charge in [0.15, 0.2) is 0 Å². The van der Waals surface area contributed by atoms with Crippen molar-refractivity contribution in [1.29, 1.82) is 0 Å². The molecule has 0 aliphatic rings. The van der Waals surface area contributed by atoms with E-state index in [2.05, 4.69) is 155 Å². The number of aromatic nitrogens is 2. The minimum Gasteiger partial charge on any atom is -0.307 e. The molecule has 0 fully saturated rings. The summed E-state index contributed by atoms with van der Waals surface area (Å²) in [6.45, 7) is 0. The Morgan fingerprint density at radius 3 is 1.76 bits per heavy atom. The van der Waals surface area contributed by atoms with Gasteiger partial charge in [-0.2, -0.15) is 0 Å². The average molecular weight is 541 g/mol. The quantitative estimate of drug-likeness (QED) is 0.211. The fourth-order valence-electron chi connectivity index (χ4n) is 6.57. The Kier molecular flexibility index (Phi) is 4.80. The van der Waals surface area contributed by atoms with Crippen LogP contribution in [0, 0.1) is 0 Å². The fourth-order valence-corrected chi connectivity index (χ4v) is 7.81. The topological polar surface area (TPSA) is 9.86 Å². The van der Waals surface area contributed by atoms with Gasteiger partial charge in [-0.25, -0.2) is 0 Å². The van der Waals surface area contributed by atoms with Gasteiger partial charge in [-0.05, 0) is 59.7 Å². The Morgan fingerprint density at radius 1 is 0.415 bits per heavy atom. The molecule has 3 heterocycles. The van der Waals surface area contributed by atoms with Crippen LogP contribution in [0.1, 0.15) is 0 Å². The average Bonchev–Trinajstić information content (AvgIpc) is 3.69. The van der Waals surface area contributed by atoms with Crippen molar-refractivity contribution in [2.45, 2.75) is 0 Å². The molecule has 0 spiro atoms. The van der Waals surface area contributed by atoms with Gasteiger partial charge in [0.2, 0.25) is 0 Å². The summed E-state index contributed by atoms with van der Waals surface area (Å²) in [5, 5.41) is 5.16. The second-order valence-electron chi connectivity index (χ2n) is 10.6. The first-order chi connectivity index (χ1) is 20.4. The molecule has 0 aliphatic carbocycles. The number of hydrogen-bond donors (Lipinski definition) is 0. The van der Waals surface area contributed by atoms with Gasteiger partial charge in [0.05, 0.1) is 22.1 Å². The molecule has 0 saturated carbocycles. The van der Waals surface area contributed by atoms with Gasteiger partial charge in [0.1, 0.15) is 0 Å². The highest BCUT2D eigenvalue weighted by Gasteiger charge is 2.22. The van der Waals surface area contributed by atoms with Crippen molar-refractivity contribution >= 4 is 64.3 Å². The third kappa shape index (κ3) is 3.24. The van der Waals surface area contributed by atoms with Crippen LogP contribution in [0.5, 0.6) is 0 Å². The number of rotatable bonds is 3. The van der Waals surface area contributed by atoms with Gasteiger partial charge in [-0.3, -0.25) is 0 Å². The molecule has 192 valence electrons. The second-order valence-corrected chi connectivity index (χ2v) is 11.6. The highest BCUT2D eigenvalue weighted by molar-refractivity contribution is 7.26. The van der Waals surface area contributed by atoms with E-state index < -0.39 is 0 Å². The Labute approximate surface area is 240 Å². The molecule has 0 saturated heterocycles. The Hall–Kier alpha value is -5.12. The number of para-hydroxylation sites is 3. The maximum Gasteiger partial charge on any atom is 0.0804 e. The van der Waals surface area contributed by atoms with E-state index in [0.717, 1.165) is 0 Å². The first-order valence-electron chi connectivity index (χ1n) is 14.0. The van der Waals surface area contributed by atoms with Crippen LogP contribution in [-0.2, 0) is 0 Å². The second kappa shape index (κ2) is 8.69. The molecule has 0 amide bonds. The number of nitrogens with zero attached hydrogens (tertiary/aromatic N) is 2. The van der Waals surface area contributed by atoms with E-state index in [-0.39, 0.29) is 0 Å². The van der Waals surface area contributed by atoms with E-state index in [9.17, 15) is 0 Å². The van der Waals surface area contributed by atoms with Crippen LogP contribution in [-0.4, -0.2) is 9.13 Å². The van der Waals surface area contributed by atoms with Gasteiger partial charge in [-0.15, -0.1) is 11.3 Å². The van der Waals surface area contributed by atoms with Gasteiger partial charge in [0, 0.05) is 42.3 Å². The van der Waals surface area contributed by atoms with Gasteiger partial charge in [-0.1, -0.05) is 97.1 Å². The summed E-state index contributed by atoms with van der Waals surface area (Å²) in [6.07, 6.45) is 0. The zero-order valence-corrected chi connectivity index (χ0v) is 23.0. The van der Waals surface area contributed by atoms with Crippen molar-refractivity contribution in [3.63, 3.8) is 0 Å². The molecule has 0 N–H and O–H groups in total. The summed E-state index contributed by atoms with van der Waals surface area (Å²) in [7, 11) is 0. The molecule has 0 atom stereocenters. The lowest BCUT2D eigenvalue weighted by Gasteiger charge is -2.10. The van der Waals surface area contributed by atoms with Crippen LogP contribution < -0.4 is 0 Å². The molecule has 0 unspecified atom stereocenters. The summed E-state index contributed by atoms with van der Waals surface area (Å²) in [5.41, 5.74) is 9.77. The summed E-state index contributed by atoms with van der Waals surface area (Å²) in [4.78, 5) is 0. The number of benzene rings is 6. The fraction of sp³-hybridized carbons (Fsp3) is 0. The Bertz CT molecular complexity index is 2370. The van der Waals surface area contributed by atoms with Gasteiger partial charge >= 0.3 is 0 Å². The monoisotopic (exact) mass is 540 g/mol. The number of hydrogen-bond acceptors (Lipinski definition) is 1. The lowest BCUT2D eigenvalue weighted by molar-refractivity contribution is 1.17. The van der Waals surface area contributed by atoms with Crippen molar-refractivity contribution in [1.82, 2.24) is 9.13 Å². The molecule has 3 heteroatoms. The predicted molar refractivity (Wildman–Crippen MR) is 176 cm³/mol. The SMILES string of the molecule is c1ccc(-n2c3ccc(-c4cccc5c4sc4ccccc45)cc3c3c2c2ccccc2n3-c2ccccc2)cc1.